The summed E-state index contributed by atoms with van der Waals surface area (Å²) < 4.78 is 37.1. The molecule has 1 rings (SSSR count). The number of thioether (sulfide) groups is 1. The quantitative estimate of drug-likeness (QED) is 0.408. The first-order valence-electron chi connectivity index (χ1n) is 9.33. The van der Waals surface area contributed by atoms with Crippen molar-refractivity contribution in [2.75, 3.05) is 5.75 Å². The molecule has 1 unspecified atom stereocenters. The van der Waals surface area contributed by atoms with E-state index in [9.17, 15) is 27.6 Å². The van der Waals surface area contributed by atoms with Crippen LogP contribution >= 0.6 is 11.8 Å². The van der Waals surface area contributed by atoms with Crippen molar-refractivity contribution in [2.45, 2.75) is 76.7 Å². The minimum atomic E-state index is -5.08. The molecule has 4 atom stereocenters. The number of carboxylic acids is 2. The Kier molecular flexibility index (Phi) is 11.3. The number of aliphatic carboxylic acids is 2. The highest BCUT2D eigenvalue weighted by molar-refractivity contribution is 8.00. The summed E-state index contributed by atoms with van der Waals surface area (Å²) in [5, 5.41) is 21.9. The van der Waals surface area contributed by atoms with Crippen molar-refractivity contribution in [3.05, 3.63) is 0 Å². The zero-order valence-corrected chi connectivity index (χ0v) is 18.7. The minimum absolute atomic E-state index is 0.0396. The molecule has 1 saturated heterocycles. The van der Waals surface area contributed by atoms with Gasteiger partial charge < -0.3 is 20.3 Å². The number of ether oxygens (including phenoxy) is 1. The van der Waals surface area contributed by atoms with Gasteiger partial charge in [0.05, 0.1) is 5.37 Å². The maximum absolute atomic E-state index is 12.3. The van der Waals surface area contributed by atoms with Crippen LogP contribution in [0.15, 0.2) is 0 Å². The zero-order chi connectivity index (χ0) is 24.6. The number of halogens is 3. The van der Waals surface area contributed by atoms with Gasteiger partial charge in [-0.25, -0.2) is 9.59 Å². The molecule has 0 spiro atoms. The summed E-state index contributed by atoms with van der Waals surface area (Å²) >= 11 is 1.57. The number of hydrogen-bond acceptors (Lipinski definition) is 7. The van der Waals surface area contributed by atoms with Crippen LogP contribution in [-0.2, 0) is 23.9 Å². The molecular formula is C18H29F3N2O7S. The second-order valence-corrected chi connectivity index (χ2v) is 9.28. The third-order valence-electron chi connectivity index (χ3n) is 3.72. The molecule has 1 aliphatic heterocycles. The van der Waals surface area contributed by atoms with Crippen LogP contribution in [0.25, 0.3) is 0 Å². The van der Waals surface area contributed by atoms with Crippen molar-refractivity contribution in [1.82, 2.24) is 10.6 Å². The van der Waals surface area contributed by atoms with Gasteiger partial charge in [-0.05, 0) is 39.5 Å². The molecule has 180 valence electrons. The van der Waals surface area contributed by atoms with E-state index in [1.807, 2.05) is 6.92 Å². The lowest BCUT2D eigenvalue weighted by atomic mass is 9.97. The molecule has 0 saturated carbocycles. The smallest absolute Gasteiger partial charge is 0.480 e. The lowest BCUT2D eigenvalue weighted by Gasteiger charge is -2.26. The number of amides is 1. The Bertz CT molecular complexity index is 653. The summed E-state index contributed by atoms with van der Waals surface area (Å²) in [7, 11) is 0. The van der Waals surface area contributed by atoms with E-state index >= 15 is 0 Å². The first-order valence-corrected chi connectivity index (χ1v) is 10.4. The van der Waals surface area contributed by atoms with Gasteiger partial charge in [0, 0.05) is 12.7 Å². The van der Waals surface area contributed by atoms with Gasteiger partial charge in [0.15, 0.2) is 0 Å². The van der Waals surface area contributed by atoms with E-state index in [0.717, 1.165) is 0 Å². The van der Waals surface area contributed by atoms with E-state index < -0.39 is 41.8 Å². The average Bonchev–Trinajstić information content (AvgIpc) is 3.00. The molecule has 4 N–H and O–H groups in total. The number of carbonyl (C=O) groups excluding carboxylic acids is 2. The molecule has 0 aliphatic carbocycles. The number of alkyl halides is 3. The van der Waals surface area contributed by atoms with Crippen LogP contribution in [0.1, 0.15) is 47.5 Å². The molecule has 1 aliphatic rings. The number of nitrogens with one attached hydrogen (secondary N) is 2. The van der Waals surface area contributed by atoms with Crippen LogP contribution in [0.3, 0.4) is 0 Å². The summed E-state index contributed by atoms with van der Waals surface area (Å²) in [6, 6.07) is -1.22. The number of rotatable bonds is 7. The standard InChI is InChI=1S/C16H28N2O5S.C2HF3O2/c1-9(7-13-18-12(8-24-13)14(20)21)6-11(17-10(2)19)15(22)23-16(3,4)5;3-2(4,5)1(6)7/h9,11-13,18H,6-8H2,1-5H3,(H,17,19)(H,20,21);(H,6,7)/t9-,11?,12+,13-;/m1./s1. The molecular weight excluding hydrogens is 445 g/mol. The highest BCUT2D eigenvalue weighted by Crippen LogP contribution is 2.26. The van der Waals surface area contributed by atoms with Gasteiger partial charge in [-0.15, -0.1) is 11.8 Å². The van der Waals surface area contributed by atoms with Crippen molar-refractivity contribution in [2.24, 2.45) is 5.92 Å². The Balaban J connectivity index is 0.00000110. The van der Waals surface area contributed by atoms with Crippen LogP contribution in [0.5, 0.6) is 0 Å². The van der Waals surface area contributed by atoms with Gasteiger partial charge in [0.2, 0.25) is 5.91 Å². The van der Waals surface area contributed by atoms with Crippen LogP contribution in [0.4, 0.5) is 13.2 Å². The zero-order valence-electron chi connectivity index (χ0n) is 17.9. The van der Waals surface area contributed by atoms with Crippen molar-refractivity contribution < 1.29 is 47.3 Å². The first-order chi connectivity index (χ1) is 13.9. The summed E-state index contributed by atoms with van der Waals surface area (Å²) in [6.07, 6.45) is -3.92. The maximum Gasteiger partial charge on any atom is 0.490 e. The predicted octanol–water partition coefficient (Wildman–Crippen LogP) is 2.00. The van der Waals surface area contributed by atoms with Crippen LogP contribution in [-0.4, -0.2) is 69.0 Å². The summed E-state index contributed by atoms with van der Waals surface area (Å²) in [5.41, 5.74) is -0.616. The van der Waals surface area contributed by atoms with Gasteiger partial charge in [-0.2, -0.15) is 13.2 Å². The largest absolute Gasteiger partial charge is 0.490 e. The lowest BCUT2D eigenvalue weighted by Crippen LogP contribution is -2.44. The van der Waals surface area contributed by atoms with Crippen LogP contribution in [0.2, 0.25) is 0 Å². The molecule has 31 heavy (non-hydrogen) atoms. The topological polar surface area (TPSA) is 142 Å². The summed E-state index contributed by atoms with van der Waals surface area (Å²) in [5.74, 6) is -3.67. The number of carbonyl (C=O) groups is 4. The predicted molar refractivity (Wildman–Crippen MR) is 106 cm³/mol. The monoisotopic (exact) mass is 474 g/mol. The molecule has 13 heteroatoms. The SMILES string of the molecule is CC(=O)NC(C[C@@H](C)C[C@@H]1N[C@H](C(=O)O)CS1)C(=O)OC(C)(C)C.O=C(O)C(F)(F)F. The third kappa shape index (κ3) is 13.1. The van der Waals surface area contributed by atoms with E-state index in [2.05, 4.69) is 10.6 Å². The van der Waals surface area contributed by atoms with Crippen LogP contribution in [0, 0.1) is 5.92 Å². The maximum atomic E-state index is 12.3. The van der Waals surface area contributed by atoms with Crippen molar-refractivity contribution in [3.8, 4) is 0 Å². The average molecular weight is 474 g/mol. The Morgan fingerprint density at radius 3 is 2.06 bits per heavy atom. The first kappa shape index (κ1) is 29.0. The van der Waals surface area contributed by atoms with Gasteiger partial charge in [-0.1, -0.05) is 6.92 Å². The van der Waals surface area contributed by atoms with E-state index in [1.54, 1.807) is 32.5 Å². The van der Waals surface area contributed by atoms with Crippen molar-refractivity contribution in [3.63, 3.8) is 0 Å². The second kappa shape index (κ2) is 12.1. The summed E-state index contributed by atoms with van der Waals surface area (Å²) in [4.78, 5) is 43.5. The molecule has 9 nitrogen and oxygen atoms in total. The van der Waals surface area contributed by atoms with E-state index in [0.29, 0.717) is 18.6 Å². The molecule has 0 radical (unpaired) electrons. The second-order valence-electron chi connectivity index (χ2n) is 8.05. The number of esters is 1. The van der Waals surface area contributed by atoms with Gasteiger partial charge in [-0.3, -0.25) is 14.9 Å². The molecule has 0 aromatic heterocycles. The fourth-order valence-corrected chi connectivity index (χ4v) is 3.90. The van der Waals surface area contributed by atoms with Crippen LogP contribution < -0.4 is 10.6 Å². The lowest BCUT2D eigenvalue weighted by molar-refractivity contribution is -0.192. The molecule has 0 aromatic carbocycles. The summed E-state index contributed by atoms with van der Waals surface area (Å²) in [6.45, 7) is 8.70. The number of carboxylic acid groups (broad SMARTS) is 2. The van der Waals surface area contributed by atoms with E-state index in [1.165, 1.54) is 6.92 Å². The normalized spacial score (nSPS) is 20.6. The Labute approximate surface area is 182 Å². The Morgan fingerprint density at radius 2 is 1.71 bits per heavy atom. The molecule has 1 fully saturated rings. The highest BCUT2D eigenvalue weighted by Gasteiger charge is 2.38. The third-order valence-corrected chi connectivity index (χ3v) is 4.97. The Morgan fingerprint density at radius 1 is 1.19 bits per heavy atom. The fraction of sp³-hybridized carbons (Fsp3) is 0.778. The van der Waals surface area contributed by atoms with Gasteiger partial charge in [0.1, 0.15) is 17.7 Å². The highest BCUT2D eigenvalue weighted by atomic mass is 32.2. The van der Waals surface area contributed by atoms with Gasteiger partial charge in [0.25, 0.3) is 0 Å². The van der Waals surface area contributed by atoms with E-state index in [4.69, 9.17) is 19.7 Å². The Hall–Kier alpha value is -2.02. The van der Waals surface area contributed by atoms with Gasteiger partial charge >= 0.3 is 24.1 Å². The van der Waals surface area contributed by atoms with Crippen molar-refractivity contribution in [1.29, 1.82) is 0 Å². The molecule has 0 bridgehead atoms. The fourth-order valence-electron chi connectivity index (χ4n) is 2.51. The molecule has 1 amide bonds. The minimum Gasteiger partial charge on any atom is -0.480 e. The van der Waals surface area contributed by atoms with E-state index in [-0.39, 0.29) is 17.2 Å². The number of hydrogen-bond donors (Lipinski definition) is 4. The molecule has 0 aromatic rings. The van der Waals surface area contributed by atoms with Crippen molar-refractivity contribution >= 4 is 35.6 Å². The molecule has 1 heterocycles.